The normalized spacial score (nSPS) is 18.2. The first-order valence-electron chi connectivity index (χ1n) is 11.2. The Hall–Kier alpha value is -3.40. The van der Waals surface area contributed by atoms with E-state index in [1.54, 1.807) is 35.2 Å². The van der Waals surface area contributed by atoms with Crippen molar-refractivity contribution < 1.29 is 14.3 Å². The Kier molecular flexibility index (Phi) is 6.93. The highest BCUT2D eigenvalue weighted by Crippen LogP contribution is 2.29. The molecule has 1 aromatic carbocycles. The highest BCUT2D eigenvalue weighted by atomic mass is 16.5. The number of ether oxygens (including phenoxy) is 2. The van der Waals surface area contributed by atoms with Crippen LogP contribution in [0.3, 0.4) is 0 Å². The van der Waals surface area contributed by atoms with Crippen LogP contribution in [-0.2, 0) is 11.2 Å². The monoisotopic (exact) mass is 453 g/mol. The number of hydrogen-bond acceptors (Lipinski definition) is 7. The fourth-order valence-electron chi connectivity index (χ4n) is 4.36. The molecule has 2 aliphatic rings. The first-order chi connectivity index (χ1) is 16.0. The van der Waals surface area contributed by atoms with Gasteiger partial charge >= 0.3 is 0 Å². The third-order valence-corrected chi connectivity index (χ3v) is 5.94. The summed E-state index contributed by atoms with van der Waals surface area (Å²) in [4.78, 5) is 26.3. The fraction of sp³-hybridized carbons (Fsp3) is 0.478. The summed E-state index contributed by atoms with van der Waals surface area (Å²) in [5.41, 5.74) is 7.39. The SMILES string of the molecule is COCC(C)Nc1nccc(N(C(=O)c2ccc3c(c2)CCO3)C2CCCN(C(=N)N)C2)n1. The minimum atomic E-state index is -0.182. The van der Waals surface area contributed by atoms with Crippen LogP contribution >= 0.6 is 0 Å². The van der Waals surface area contributed by atoms with Gasteiger partial charge in [0, 0.05) is 44.4 Å². The number of nitrogens with two attached hydrogens (primary N) is 1. The maximum atomic E-state index is 13.8. The summed E-state index contributed by atoms with van der Waals surface area (Å²) >= 11 is 0. The summed E-state index contributed by atoms with van der Waals surface area (Å²) in [5, 5.41) is 11.1. The van der Waals surface area contributed by atoms with E-state index in [9.17, 15) is 4.79 Å². The number of likely N-dealkylation sites (tertiary alicyclic amines) is 1. The molecule has 0 aliphatic carbocycles. The van der Waals surface area contributed by atoms with Gasteiger partial charge in [-0.2, -0.15) is 4.98 Å². The molecule has 2 atom stereocenters. The summed E-state index contributed by atoms with van der Waals surface area (Å²) in [6.45, 7) is 4.29. The van der Waals surface area contributed by atoms with E-state index < -0.39 is 0 Å². The molecule has 33 heavy (non-hydrogen) atoms. The first-order valence-corrected chi connectivity index (χ1v) is 11.2. The second kappa shape index (κ2) is 10.0. The molecule has 1 aromatic heterocycles. The molecule has 0 bridgehead atoms. The van der Waals surface area contributed by atoms with Crippen molar-refractivity contribution >= 4 is 23.6 Å². The van der Waals surface area contributed by atoms with Gasteiger partial charge in [-0.05, 0) is 49.6 Å². The minimum Gasteiger partial charge on any atom is -0.493 e. The predicted octanol–water partition coefficient (Wildman–Crippen LogP) is 1.86. The van der Waals surface area contributed by atoms with E-state index in [1.165, 1.54) is 0 Å². The van der Waals surface area contributed by atoms with E-state index in [-0.39, 0.29) is 24.0 Å². The average molecular weight is 454 g/mol. The predicted molar refractivity (Wildman–Crippen MR) is 126 cm³/mol. The summed E-state index contributed by atoms with van der Waals surface area (Å²) in [6, 6.07) is 7.13. The molecule has 2 aliphatic heterocycles. The standard InChI is InChI=1S/C23H31N7O3/c1-15(14-32-2)27-23-26-9-7-20(28-23)30(18-4-3-10-29(13-18)22(24)25)21(31)17-5-6-19-16(12-17)8-11-33-19/h5-7,9,12,15,18H,3-4,8,10-11,13-14H2,1-2H3,(H3,24,25)(H,26,27,28). The van der Waals surface area contributed by atoms with Gasteiger partial charge in [0.05, 0.1) is 19.3 Å². The number of carbonyl (C=O) groups is 1. The van der Waals surface area contributed by atoms with Crippen LogP contribution in [-0.4, -0.2) is 72.2 Å². The average Bonchev–Trinajstić information content (AvgIpc) is 3.28. The van der Waals surface area contributed by atoms with E-state index >= 15 is 0 Å². The Bertz CT molecular complexity index is 1020. The Labute approximate surface area is 193 Å². The number of nitrogens with zero attached hydrogens (tertiary/aromatic N) is 4. The molecule has 10 heteroatoms. The molecule has 4 N–H and O–H groups in total. The lowest BCUT2D eigenvalue weighted by Gasteiger charge is -2.39. The van der Waals surface area contributed by atoms with Crippen molar-refractivity contribution in [3.63, 3.8) is 0 Å². The number of fused-ring (bicyclic) bond motifs is 1. The van der Waals surface area contributed by atoms with E-state index in [0.717, 1.165) is 30.6 Å². The zero-order valence-electron chi connectivity index (χ0n) is 19.1. The Morgan fingerprint density at radius 1 is 1.45 bits per heavy atom. The van der Waals surface area contributed by atoms with Crippen molar-refractivity contribution in [2.45, 2.75) is 38.3 Å². The van der Waals surface area contributed by atoms with Crippen LogP contribution < -0.4 is 20.7 Å². The highest BCUT2D eigenvalue weighted by molar-refractivity contribution is 6.06. The molecule has 176 valence electrons. The number of amides is 1. The van der Waals surface area contributed by atoms with Gasteiger partial charge in [-0.3, -0.25) is 15.1 Å². The van der Waals surface area contributed by atoms with Crippen molar-refractivity contribution in [2.24, 2.45) is 5.73 Å². The number of benzene rings is 1. The number of methoxy groups -OCH3 is 1. The lowest BCUT2D eigenvalue weighted by molar-refractivity contribution is 0.0964. The van der Waals surface area contributed by atoms with E-state index in [2.05, 4.69) is 15.3 Å². The summed E-state index contributed by atoms with van der Waals surface area (Å²) in [7, 11) is 1.64. The highest BCUT2D eigenvalue weighted by Gasteiger charge is 2.32. The molecule has 1 amide bonds. The quantitative estimate of drug-likeness (QED) is 0.428. The van der Waals surface area contributed by atoms with Gasteiger partial charge in [-0.1, -0.05) is 0 Å². The molecule has 10 nitrogen and oxygen atoms in total. The molecule has 1 saturated heterocycles. The van der Waals surface area contributed by atoms with Crippen LogP contribution in [0.4, 0.5) is 11.8 Å². The zero-order valence-corrected chi connectivity index (χ0v) is 19.1. The van der Waals surface area contributed by atoms with Crippen molar-refractivity contribution in [1.82, 2.24) is 14.9 Å². The van der Waals surface area contributed by atoms with E-state index in [0.29, 0.717) is 43.6 Å². The first kappa shape index (κ1) is 22.8. The third kappa shape index (κ3) is 5.16. The third-order valence-electron chi connectivity index (χ3n) is 5.94. The molecule has 3 heterocycles. The molecule has 2 unspecified atom stereocenters. The number of rotatable bonds is 7. The molecule has 2 aromatic rings. The summed E-state index contributed by atoms with van der Waals surface area (Å²) in [5.74, 6) is 1.64. The number of carbonyl (C=O) groups excluding carboxylic acids is 1. The van der Waals surface area contributed by atoms with Crippen LogP contribution in [0.25, 0.3) is 0 Å². The summed E-state index contributed by atoms with van der Waals surface area (Å²) in [6.07, 6.45) is 4.05. The lowest BCUT2D eigenvalue weighted by Crippen LogP contribution is -2.53. The Morgan fingerprint density at radius 3 is 3.09 bits per heavy atom. The minimum absolute atomic E-state index is 0.00833. The van der Waals surface area contributed by atoms with Crippen LogP contribution in [0.5, 0.6) is 5.75 Å². The molecule has 4 rings (SSSR count). The van der Waals surface area contributed by atoms with Crippen molar-refractivity contribution in [3.8, 4) is 5.75 Å². The van der Waals surface area contributed by atoms with Gasteiger partial charge < -0.3 is 25.4 Å². The largest absolute Gasteiger partial charge is 0.493 e. The smallest absolute Gasteiger partial charge is 0.259 e. The van der Waals surface area contributed by atoms with Gasteiger partial charge in [0.25, 0.3) is 5.91 Å². The lowest BCUT2D eigenvalue weighted by atomic mass is 10.0. The van der Waals surface area contributed by atoms with Gasteiger partial charge in [-0.15, -0.1) is 0 Å². The number of piperidine rings is 1. The number of anilines is 2. The molecule has 1 fully saturated rings. The molecule has 0 saturated carbocycles. The summed E-state index contributed by atoms with van der Waals surface area (Å²) < 4.78 is 10.8. The number of hydrogen-bond donors (Lipinski definition) is 3. The zero-order chi connectivity index (χ0) is 23.4. The Morgan fingerprint density at radius 2 is 2.30 bits per heavy atom. The second-order valence-electron chi connectivity index (χ2n) is 8.46. The van der Waals surface area contributed by atoms with Gasteiger partial charge in [0.2, 0.25) is 5.95 Å². The number of guanidine groups is 1. The van der Waals surface area contributed by atoms with Crippen molar-refractivity contribution in [1.29, 1.82) is 5.41 Å². The maximum absolute atomic E-state index is 13.8. The van der Waals surface area contributed by atoms with Crippen LogP contribution in [0.1, 0.15) is 35.7 Å². The number of aromatic nitrogens is 2. The van der Waals surface area contributed by atoms with Crippen LogP contribution in [0.2, 0.25) is 0 Å². The topological polar surface area (TPSA) is 130 Å². The van der Waals surface area contributed by atoms with E-state index in [4.69, 9.17) is 20.6 Å². The second-order valence-corrected chi connectivity index (χ2v) is 8.46. The van der Waals surface area contributed by atoms with Crippen molar-refractivity contribution in [2.75, 3.05) is 43.6 Å². The fourth-order valence-corrected chi connectivity index (χ4v) is 4.36. The Balaban J connectivity index is 1.67. The van der Waals surface area contributed by atoms with Gasteiger partial charge in [-0.25, -0.2) is 4.98 Å². The molecule has 0 radical (unpaired) electrons. The van der Waals surface area contributed by atoms with Crippen LogP contribution in [0, 0.1) is 5.41 Å². The van der Waals surface area contributed by atoms with Gasteiger partial charge in [0.15, 0.2) is 5.96 Å². The van der Waals surface area contributed by atoms with Crippen LogP contribution in [0.15, 0.2) is 30.5 Å². The molecular weight excluding hydrogens is 422 g/mol. The maximum Gasteiger partial charge on any atom is 0.259 e. The van der Waals surface area contributed by atoms with Gasteiger partial charge in [0.1, 0.15) is 11.6 Å². The molecular formula is C23H31N7O3. The van der Waals surface area contributed by atoms with Crippen molar-refractivity contribution in [3.05, 3.63) is 41.6 Å². The van der Waals surface area contributed by atoms with E-state index in [1.807, 2.05) is 19.1 Å². The molecule has 0 spiro atoms. The number of nitrogens with one attached hydrogen (secondary N) is 2.